The molecule has 2 bridgehead atoms. The van der Waals surface area contributed by atoms with Crippen LogP contribution in [0.3, 0.4) is 0 Å². The average Bonchev–Trinajstić information content (AvgIpc) is 2.60. The van der Waals surface area contributed by atoms with E-state index in [2.05, 4.69) is 5.32 Å². The molecule has 1 heterocycles. The number of halogens is 1. The molecule has 4 atom stereocenters. The second kappa shape index (κ2) is 3.22. The van der Waals surface area contributed by atoms with Gasteiger partial charge in [-0.1, -0.05) is 0 Å². The van der Waals surface area contributed by atoms with E-state index in [1.165, 1.54) is 0 Å². The molecule has 2 rings (SSSR count). The molecule has 0 aromatic heterocycles. The quantitative estimate of drug-likeness (QED) is 0.582. The highest BCUT2D eigenvalue weighted by Gasteiger charge is 2.53. The zero-order valence-electron chi connectivity index (χ0n) is 8.07. The Balaban J connectivity index is 2.08. The first-order valence-electron chi connectivity index (χ1n) is 4.90. The molecule has 0 aromatic rings. The number of hydrogen-bond donors (Lipinski definition) is 2. The Morgan fingerprint density at radius 3 is 2.77 bits per heavy atom. The van der Waals surface area contributed by atoms with Crippen LogP contribution in [0.15, 0.2) is 0 Å². The van der Waals surface area contributed by atoms with Crippen LogP contribution in [0.25, 0.3) is 0 Å². The first kappa shape index (κ1) is 9.43. The Morgan fingerprint density at radius 1 is 1.62 bits per heavy atom. The van der Waals surface area contributed by atoms with E-state index in [0.717, 1.165) is 13.0 Å². The molecular formula is C8H16BFN2O. The zero-order chi connectivity index (χ0) is 9.59. The number of piperidine rings is 1. The molecule has 2 N–H and O–H groups in total. The van der Waals surface area contributed by atoms with Crippen molar-refractivity contribution in [2.24, 2.45) is 5.92 Å². The van der Waals surface area contributed by atoms with Crippen LogP contribution in [0.1, 0.15) is 6.42 Å². The normalized spacial score (nSPS) is 44.3. The van der Waals surface area contributed by atoms with Crippen molar-refractivity contribution in [1.82, 2.24) is 10.1 Å². The van der Waals surface area contributed by atoms with Gasteiger partial charge in [0.25, 0.3) is 0 Å². The maximum absolute atomic E-state index is 13.7. The molecular weight excluding hydrogens is 170 g/mol. The van der Waals surface area contributed by atoms with E-state index in [1.807, 2.05) is 11.9 Å². The van der Waals surface area contributed by atoms with Gasteiger partial charge in [0.1, 0.15) is 6.17 Å². The predicted molar refractivity (Wildman–Crippen MR) is 50.2 cm³/mol. The number of rotatable bonds is 2. The summed E-state index contributed by atoms with van der Waals surface area (Å²) in [6, 6.07) is -0.0672. The van der Waals surface area contributed by atoms with E-state index in [0.29, 0.717) is 5.92 Å². The summed E-state index contributed by atoms with van der Waals surface area (Å²) in [5, 5.41) is 12.4. The van der Waals surface area contributed by atoms with Gasteiger partial charge < -0.3 is 15.2 Å². The molecule has 1 aliphatic carbocycles. The Bertz CT molecular complexity index is 203. The number of hydrogen-bond acceptors (Lipinski definition) is 3. The Hall–Kier alpha value is -0.125. The molecule has 0 aromatic carbocycles. The van der Waals surface area contributed by atoms with Crippen LogP contribution >= 0.6 is 0 Å². The highest BCUT2D eigenvalue weighted by Crippen LogP contribution is 2.39. The van der Waals surface area contributed by atoms with Crippen molar-refractivity contribution in [3.05, 3.63) is 0 Å². The number of fused-ring (bicyclic) bond motifs is 2. The fourth-order valence-corrected chi connectivity index (χ4v) is 2.82. The zero-order valence-corrected chi connectivity index (χ0v) is 8.07. The monoisotopic (exact) mass is 186 g/mol. The fraction of sp³-hybridized carbons (Fsp3) is 1.00. The summed E-state index contributed by atoms with van der Waals surface area (Å²) in [7, 11) is 1.30. The first-order chi connectivity index (χ1) is 6.15. The van der Waals surface area contributed by atoms with Crippen LogP contribution in [-0.2, 0) is 0 Å². The molecule has 5 heteroatoms. The van der Waals surface area contributed by atoms with Gasteiger partial charge in [0.2, 0.25) is 0 Å². The van der Waals surface area contributed by atoms with Crippen molar-refractivity contribution in [2.45, 2.75) is 31.5 Å². The van der Waals surface area contributed by atoms with Gasteiger partial charge in [-0.2, -0.15) is 0 Å². The number of alkyl halides is 1. The lowest BCUT2D eigenvalue weighted by molar-refractivity contribution is 0.138. The standard InChI is InChI=1S/C8H16BFN2O/c1-9(13)12-4-5-3-6(12)7(10)8(5)11-2/h5-8,11,13H,3-4H2,1-2H3/t5?,6?,7-,8+/m0/s1. The summed E-state index contributed by atoms with van der Waals surface area (Å²) >= 11 is 0. The lowest BCUT2D eigenvalue weighted by Crippen LogP contribution is -2.55. The molecule has 2 fully saturated rings. The largest absolute Gasteiger partial charge is 0.437 e. The molecule has 1 saturated heterocycles. The van der Waals surface area contributed by atoms with Crippen molar-refractivity contribution in [2.75, 3.05) is 13.6 Å². The molecule has 2 unspecified atom stereocenters. The fourth-order valence-electron chi connectivity index (χ4n) is 2.82. The molecule has 0 radical (unpaired) electrons. The molecule has 13 heavy (non-hydrogen) atoms. The topological polar surface area (TPSA) is 35.5 Å². The maximum Gasteiger partial charge on any atom is 0.376 e. The molecule has 0 amide bonds. The summed E-state index contributed by atoms with van der Waals surface area (Å²) in [4.78, 5) is 1.86. The van der Waals surface area contributed by atoms with E-state index in [-0.39, 0.29) is 12.1 Å². The van der Waals surface area contributed by atoms with Crippen molar-refractivity contribution in [1.29, 1.82) is 0 Å². The second-order valence-corrected chi connectivity index (χ2v) is 4.15. The summed E-state index contributed by atoms with van der Waals surface area (Å²) in [6.07, 6.45) is 0.0655. The minimum Gasteiger partial charge on any atom is -0.437 e. The summed E-state index contributed by atoms with van der Waals surface area (Å²) < 4.78 is 13.7. The minimum absolute atomic E-state index is 0.000000000000000222. The van der Waals surface area contributed by atoms with Gasteiger partial charge in [0.15, 0.2) is 0 Å². The Labute approximate surface area is 78.4 Å². The van der Waals surface area contributed by atoms with Crippen LogP contribution in [0.4, 0.5) is 4.39 Å². The smallest absolute Gasteiger partial charge is 0.376 e. The SMILES string of the molecule is CN[C@@H]1C2CC([C@@H]1F)N(B(C)O)C2. The van der Waals surface area contributed by atoms with Crippen LogP contribution in [0.2, 0.25) is 6.82 Å². The van der Waals surface area contributed by atoms with Crippen LogP contribution in [0.5, 0.6) is 0 Å². The van der Waals surface area contributed by atoms with Gasteiger partial charge in [-0.3, -0.25) is 0 Å². The third kappa shape index (κ3) is 1.30. The Kier molecular flexibility index (Phi) is 2.34. The highest BCUT2D eigenvalue weighted by molar-refractivity contribution is 6.45. The van der Waals surface area contributed by atoms with Gasteiger partial charge in [-0.15, -0.1) is 0 Å². The molecule has 1 aliphatic heterocycles. The van der Waals surface area contributed by atoms with Crippen molar-refractivity contribution in [3.8, 4) is 0 Å². The molecule has 0 spiro atoms. The van der Waals surface area contributed by atoms with Crippen LogP contribution in [0, 0.1) is 5.92 Å². The van der Waals surface area contributed by atoms with Crippen molar-refractivity contribution >= 4 is 7.05 Å². The van der Waals surface area contributed by atoms with Gasteiger partial charge in [-0.05, 0) is 32.8 Å². The lowest BCUT2D eigenvalue weighted by Gasteiger charge is -2.34. The van der Waals surface area contributed by atoms with E-state index >= 15 is 0 Å². The number of nitrogens with one attached hydrogen (secondary N) is 1. The number of nitrogens with zero attached hydrogens (tertiary/aromatic N) is 1. The Morgan fingerprint density at radius 2 is 2.31 bits per heavy atom. The van der Waals surface area contributed by atoms with Crippen LogP contribution in [-0.4, -0.2) is 48.7 Å². The van der Waals surface area contributed by atoms with E-state index in [1.54, 1.807) is 6.82 Å². The average molecular weight is 186 g/mol. The third-order valence-corrected chi connectivity index (χ3v) is 3.45. The predicted octanol–water partition coefficient (Wildman–Crippen LogP) is -0.273. The minimum atomic E-state index is -0.821. The first-order valence-corrected chi connectivity index (χ1v) is 4.90. The highest BCUT2D eigenvalue weighted by atomic mass is 19.1. The van der Waals surface area contributed by atoms with Gasteiger partial charge in [0, 0.05) is 12.1 Å². The second-order valence-electron chi connectivity index (χ2n) is 4.15. The van der Waals surface area contributed by atoms with E-state index in [9.17, 15) is 9.41 Å². The van der Waals surface area contributed by atoms with E-state index < -0.39 is 13.2 Å². The van der Waals surface area contributed by atoms with Gasteiger partial charge in [-0.25, -0.2) is 4.39 Å². The molecule has 74 valence electrons. The maximum atomic E-state index is 13.7. The lowest BCUT2D eigenvalue weighted by atomic mass is 9.82. The summed E-state index contributed by atoms with van der Waals surface area (Å²) in [5.74, 6) is 0.375. The van der Waals surface area contributed by atoms with Crippen molar-refractivity contribution < 1.29 is 9.41 Å². The van der Waals surface area contributed by atoms with Crippen molar-refractivity contribution in [3.63, 3.8) is 0 Å². The molecule has 2 aliphatic rings. The van der Waals surface area contributed by atoms with Crippen LogP contribution < -0.4 is 5.32 Å². The molecule has 3 nitrogen and oxygen atoms in total. The summed E-state index contributed by atoms with van der Waals surface area (Å²) in [6.45, 7) is 2.54. The van der Waals surface area contributed by atoms with Gasteiger partial charge in [0.05, 0.1) is 0 Å². The summed E-state index contributed by atoms with van der Waals surface area (Å²) in [5.41, 5.74) is 0. The van der Waals surface area contributed by atoms with E-state index in [4.69, 9.17) is 0 Å². The third-order valence-electron chi connectivity index (χ3n) is 3.45. The molecule has 1 saturated carbocycles. The van der Waals surface area contributed by atoms with Gasteiger partial charge >= 0.3 is 7.05 Å².